The van der Waals surface area contributed by atoms with Gasteiger partial charge in [0.05, 0.1) is 6.26 Å². The SMILES string of the molecule is CC(C)(C)CC(CC1CCCN(S(C)(=O)=O)C1)NN. The van der Waals surface area contributed by atoms with Crippen LogP contribution in [0.15, 0.2) is 0 Å². The molecule has 0 aromatic rings. The van der Waals surface area contributed by atoms with E-state index in [0.717, 1.165) is 25.7 Å². The van der Waals surface area contributed by atoms with Crippen LogP contribution >= 0.6 is 0 Å². The largest absolute Gasteiger partial charge is 0.271 e. The van der Waals surface area contributed by atoms with Gasteiger partial charge in [-0.25, -0.2) is 12.7 Å². The number of rotatable bonds is 5. The molecule has 2 unspecified atom stereocenters. The van der Waals surface area contributed by atoms with E-state index in [9.17, 15) is 8.42 Å². The number of nitrogens with one attached hydrogen (secondary N) is 1. The van der Waals surface area contributed by atoms with Crippen molar-refractivity contribution in [3.05, 3.63) is 0 Å². The van der Waals surface area contributed by atoms with Gasteiger partial charge < -0.3 is 0 Å². The van der Waals surface area contributed by atoms with Crippen molar-refractivity contribution in [1.29, 1.82) is 0 Å². The van der Waals surface area contributed by atoms with E-state index in [2.05, 4.69) is 26.2 Å². The summed E-state index contributed by atoms with van der Waals surface area (Å²) in [6.07, 6.45) is 5.28. The molecule has 5 nitrogen and oxygen atoms in total. The van der Waals surface area contributed by atoms with E-state index in [4.69, 9.17) is 5.84 Å². The van der Waals surface area contributed by atoms with Crippen LogP contribution in [0.2, 0.25) is 0 Å². The summed E-state index contributed by atoms with van der Waals surface area (Å²) in [5, 5.41) is 0. The fraction of sp³-hybridized carbons (Fsp3) is 1.00. The maximum absolute atomic E-state index is 11.6. The molecule has 0 aromatic carbocycles. The van der Waals surface area contributed by atoms with Gasteiger partial charge in [-0.1, -0.05) is 20.8 Å². The second-order valence-corrected chi connectivity index (χ2v) is 8.98. The maximum Gasteiger partial charge on any atom is 0.211 e. The van der Waals surface area contributed by atoms with Crippen molar-refractivity contribution in [3.63, 3.8) is 0 Å². The van der Waals surface area contributed by atoms with E-state index in [-0.39, 0.29) is 11.5 Å². The molecule has 1 heterocycles. The van der Waals surface area contributed by atoms with Gasteiger partial charge in [0.2, 0.25) is 10.0 Å². The zero-order chi connectivity index (χ0) is 14.7. The highest BCUT2D eigenvalue weighted by atomic mass is 32.2. The molecule has 0 radical (unpaired) electrons. The lowest BCUT2D eigenvalue weighted by Crippen LogP contribution is -2.44. The molecule has 0 aliphatic carbocycles. The van der Waals surface area contributed by atoms with Gasteiger partial charge in [0.15, 0.2) is 0 Å². The summed E-state index contributed by atoms with van der Waals surface area (Å²) >= 11 is 0. The van der Waals surface area contributed by atoms with E-state index in [1.165, 1.54) is 6.26 Å². The quantitative estimate of drug-likeness (QED) is 0.591. The van der Waals surface area contributed by atoms with E-state index >= 15 is 0 Å². The lowest BCUT2D eigenvalue weighted by atomic mass is 9.83. The Morgan fingerprint density at radius 2 is 2.05 bits per heavy atom. The molecule has 0 bridgehead atoms. The van der Waals surface area contributed by atoms with Crippen LogP contribution in [-0.2, 0) is 10.0 Å². The molecule has 2 atom stereocenters. The first-order valence-electron chi connectivity index (χ1n) is 7.03. The van der Waals surface area contributed by atoms with Crippen LogP contribution in [0.3, 0.4) is 0 Å². The van der Waals surface area contributed by atoms with Crippen molar-refractivity contribution in [1.82, 2.24) is 9.73 Å². The summed E-state index contributed by atoms with van der Waals surface area (Å²) in [4.78, 5) is 0. The summed E-state index contributed by atoms with van der Waals surface area (Å²) in [6.45, 7) is 7.89. The van der Waals surface area contributed by atoms with Crippen molar-refractivity contribution in [2.24, 2.45) is 17.2 Å². The highest BCUT2D eigenvalue weighted by Gasteiger charge is 2.28. The smallest absolute Gasteiger partial charge is 0.211 e. The van der Waals surface area contributed by atoms with E-state index < -0.39 is 10.0 Å². The number of hydrazine groups is 1. The Labute approximate surface area is 117 Å². The van der Waals surface area contributed by atoms with Crippen LogP contribution < -0.4 is 11.3 Å². The molecule has 0 saturated carbocycles. The Kier molecular flexibility index (Phi) is 5.79. The molecule has 114 valence electrons. The van der Waals surface area contributed by atoms with Gasteiger partial charge in [0.1, 0.15) is 0 Å². The molecule has 1 rings (SSSR count). The third kappa shape index (κ3) is 6.21. The average Bonchev–Trinajstić information content (AvgIpc) is 2.25. The Morgan fingerprint density at radius 1 is 1.42 bits per heavy atom. The maximum atomic E-state index is 11.6. The minimum absolute atomic E-state index is 0.224. The molecular formula is C13H29N3O2S. The first kappa shape index (κ1) is 16.9. The Morgan fingerprint density at radius 3 is 2.53 bits per heavy atom. The zero-order valence-corrected chi connectivity index (χ0v) is 13.5. The van der Waals surface area contributed by atoms with Crippen molar-refractivity contribution in [2.45, 2.75) is 52.5 Å². The molecule has 0 spiro atoms. The Bertz CT molecular complexity index is 376. The van der Waals surface area contributed by atoms with Crippen LogP contribution in [0.25, 0.3) is 0 Å². The molecule has 1 fully saturated rings. The van der Waals surface area contributed by atoms with Gasteiger partial charge in [0.25, 0.3) is 0 Å². The monoisotopic (exact) mass is 291 g/mol. The van der Waals surface area contributed by atoms with Crippen LogP contribution in [-0.4, -0.2) is 38.1 Å². The Balaban J connectivity index is 2.56. The van der Waals surface area contributed by atoms with Crippen LogP contribution in [0.4, 0.5) is 0 Å². The molecule has 1 aliphatic rings. The summed E-state index contributed by atoms with van der Waals surface area (Å²) < 4.78 is 24.8. The fourth-order valence-electron chi connectivity index (χ4n) is 2.87. The third-order valence-corrected chi connectivity index (χ3v) is 4.93. The molecule has 3 N–H and O–H groups in total. The average molecular weight is 291 g/mol. The first-order chi connectivity index (χ1) is 8.62. The lowest BCUT2D eigenvalue weighted by Gasteiger charge is -2.34. The number of hydrogen-bond acceptors (Lipinski definition) is 4. The Hall–Kier alpha value is -0.170. The van der Waals surface area contributed by atoms with Crippen molar-refractivity contribution >= 4 is 10.0 Å². The van der Waals surface area contributed by atoms with Crippen molar-refractivity contribution in [2.75, 3.05) is 19.3 Å². The number of hydrogen-bond donors (Lipinski definition) is 2. The van der Waals surface area contributed by atoms with Gasteiger partial charge in [-0.3, -0.25) is 11.3 Å². The molecule has 1 saturated heterocycles. The topological polar surface area (TPSA) is 75.4 Å². The van der Waals surface area contributed by atoms with E-state index in [1.54, 1.807) is 4.31 Å². The molecule has 0 aromatic heterocycles. The second-order valence-electron chi connectivity index (χ2n) is 6.99. The molecule has 19 heavy (non-hydrogen) atoms. The molecular weight excluding hydrogens is 262 g/mol. The summed E-state index contributed by atoms with van der Waals surface area (Å²) in [5.74, 6) is 6.04. The fourth-order valence-corrected chi connectivity index (χ4v) is 3.81. The van der Waals surface area contributed by atoms with Crippen molar-refractivity contribution in [3.8, 4) is 0 Å². The van der Waals surface area contributed by atoms with Gasteiger partial charge >= 0.3 is 0 Å². The zero-order valence-electron chi connectivity index (χ0n) is 12.6. The summed E-state index contributed by atoms with van der Waals surface area (Å²) in [6, 6.07) is 0.254. The van der Waals surface area contributed by atoms with Gasteiger partial charge in [-0.05, 0) is 37.0 Å². The van der Waals surface area contributed by atoms with Gasteiger partial charge in [0, 0.05) is 19.1 Å². The minimum atomic E-state index is -3.05. The highest BCUT2D eigenvalue weighted by molar-refractivity contribution is 7.88. The normalized spacial score (nSPS) is 24.4. The number of sulfonamides is 1. The molecule has 6 heteroatoms. The van der Waals surface area contributed by atoms with Gasteiger partial charge in [-0.2, -0.15) is 0 Å². The van der Waals surface area contributed by atoms with Crippen LogP contribution in [0.1, 0.15) is 46.5 Å². The van der Waals surface area contributed by atoms with Crippen LogP contribution in [0.5, 0.6) is 0 Å². The van der Waals surface area contributed by atoms with E-state index in [0.29, 0.717) is 19.0 Å². The molecule has 0 amide bonds. The lowest BCUT2D eigenvalue weighted by molar-refractivity contribution is 0.213. The third-order valence-electron chi connectivity index (χ3n) is 3.66. The highest BCUT2D eigenvalue weighted by Crippen LogP contribution is 2.27. The first-order valence-corrected chi connectivity index (χ1v) is 8.88. The van der Waals surface area contributed by atoms with Crippen molar-refractivity contribution < 1.29 is 8.42 Å². The molecule has 1 aliphatic heterocycles. The second kappa shape index (κ2) is 6.52. The van der Waals surface area contributed by atoms with Crippen LogP contribution in [0, 0.1) is 11.3 Å². The number of nitrogens with zero attached hydrogens (tertiary/aromatic N) is 1. The summed E-state index contributed by atoms with van der Waals surface area (Å²) in [7, 11) is -3.05. The number of piperidine rings is 1. The van der Waals surface area contributed by atoms with Gasteiger partial charge in [-0.15, -0.1) is 0 Å². The summed E-state index contributed by atoms with van der Waals surface area (Å²) in [5.41, 5.74) is 3.12. The number of nitrogens with two attached hydrogens (primary N) is 1. The minimum Gasteiger partial charge on any atom is -0.271 e. The van der Waals surface area contributed by atoms with E-state index in [1.807, 2.05) is 0 Å². The predicted molar refractivity (Wildman–Crippen MR) is 78.9 cm³/mol. The predicted octanol–water partition coefficient (Wildman–Crippen LogP) is 1.32. The standard InChI is InChI=1S/C13H29N3O2S/c1-13(2,3)9-12(15-14)8-11-6-5-7-16(10-11)19(4,17)18/h11-12,15H,5-10,14H2,1-4H3.